The second kappa shape index (κ2) is 5.64. The molecule has 4 rings (SSSR count). The van der Waals surface area contributed by atoms with Gasteiger partial charge in [0.05, 0.1) is 12.0 Å². The molecular formula is C21H18O2. The van der Waals surface area contributed by atoms with Crippen LogP contribution in [0.25, 0.3) is 10.8 Å². The van der Waals surface area contributed by atoms with Crippen LogP contribution in [0.15, 0.2) is 66.7 Å². The predicted molar refractivity (Wildman–Crippen MR) is 91.5 cm³/mol. The number of aliphatic hydroxyl groups excluding tert-OH is 1. The van der Waals surface area contributed by atoms with Crippen LogP contribution in [0.3, 0.4) is 0 Å². The monoisotopic (exact) mass is 302 g/mol. The Labute approximate surface area is 135 Å². The van der Waals surface area contributed by atoms with Crippen molar-refractivity contribution in [1.29, 1.82) is 0 Å². The number of aliphatic hydroxyl groups is 1. The summed E-state index contributed by atoms with van der Waals surface area (Å²) in [5.74, 6) is -0.303. The molecule has 0 radical (unpaired) electrons. The molecule has 1 unspecified atom stereocenters. The van der Waals surface area contributed by atoms with Gasteiger partial charge in [-0.1, -0.05) is 66.7 Å². The molecule has 0 amide bonds. The summed E-state index contributed by atoms with van der Waals surface area (Å²) in [5.41, 5.74) is 2.71. The lowest BCUT2D eigenvalue weighted by molar-refractivity contribution is 0.0642. The number of carbonyl (C=O) groups excluding carboxylic acids is 1. The number of benzene rings is 3. The highest BCUT2D eigenvalue weighted by Crippen LogP contribution is 2.36. The number of hydrogen-bond acceptors (Lipinski definition) is 2. The van der Waals surface area contributed by atoms with E-state index >= 15 is 0 Å². The summed E-state index contributed by atoms with van der Waals surface area (Å²) in [4.78, 5) is 12.8. The van der Waals surface area contributed by atoms with Crippen molar-refractivity contribution in [2.45, 2.75) is 18.9 Å². The minimum Gasteiger partial charge on any atom is -0.388 e. The van der Waals surface area contributed by atoms with Gasteiger partial charge in [-0.05, 0) is 34.7 Å². The largest absolute Gasteiger partial charge is 0.388 e. The fourth-order valence-corrected chi connectivity index (χ4v) is 3.65. The summed E-state index contributed by atoms with van der Waals surface area (Å²) >= 11 is 0. The number of carbonyl (C=O) groups is 1. The molecule has 2 atom stereocenters. The molecule has 0 saturated heterocycles. The van der Waals surface area contributed by atoms with Gasteiger partial charge in [0, 0.05) is 5.56 Å². The van der Waals surface area contributed by atoms with Gasteiger partial charge in [0.25, 0.3) is 0 Å². The Morgan fingerprint density at radius 3 is 2.57 bits per heavy atom. The summed E-state index contributed by atoms with van der Waals surface area (Å²) in [6, 6.07) is 21.6. The summed E-state index contributed by atoms with van der Waals surface area (Å²) in [7, 11) is 0. The van der Waals surface area contributed by atoms with Crippen LogP contribution in [0.5, 0.6) is 0 Å². The van der Waals surface area contributed by atoms with Crippen LogP contribution in [0.1, 0.15) is 34.0 Å². The van der Waals surface area contributed by atoms with Gasteiger partial charge in [0.1, 0.15) is 0 Å². The van der Waals surface area contributed by atoms with Gasteiger partial charge in [0.15, 0.2) is 5.78 Å². The summed E-state index contributed by atoms with van der Waals surface area (Å²) < 4.78 is 0. The van der Waals surface area contributed by atoms with E-state index in [2.05, 4.69) is 0 Å². The Balaban J connectivity index is 1.75. The third-order valence-corrected chi connectivity index (χ3v) is 4.87. The van der Waals surface area contributed by atoms with Crippen molar-refractivity contribution in [1.82, 2.24) is 0 Å². The Morgan fingerprint density at radius 2 is 1.65 bits per heavy atom. The molecule has 2 heteroatoms. The average molecular weight is 302 g/mol. The Kier molecular flexibility index (Phi) is 3.47. The Morgan fingerprint density at radius 1 is 0.913 bits per heavy atom. The minimum atomic E-state index is -0.762. The first-order valence-corrected chi connectivity index (χ1v) is 8.03. The van der Waals surface area contributed by atoms with Crippen LogP contribution in [0.2, 0.25) is 0 Å². The second-order valence-electron chi connectivity index (χ2n) is 6.18. The van der Waals surface area contributed by atoms with Gasteiger partial charge in [-0.3, -0.25) is 4.79 Å². The van der Waals surface area contributed by atoms with Gasteiger partial charge >= 0.3 is 0 Å². The lowest BCUT2D eigenvalue weighted by Crippen LogP contribution is -2.28. The van der Waals surface area contributed by atoms with Crippen LogP contribution >= 0.6 is 0 Å². The molecule has 1 aliphatic rings. The Bertz CT molecular complexity index is 876. The molecular weight excluding hydrogens is 284 g/mol. The quantitative estimate of drug-likeness (QED) is 0.765. The second-order valence-corrected chi connectivity index (χ2v) is 6.18. The van der Waals surface area contributed by atoms with Crippen molar-refractivity contribution < 1.29 is 9.90 Å². The topological polar surface area (TPSA) is 37.3 Å². The van der Waals surface area contributed by atoms with E-state index in [1.807, 2.05) is 66.7 Å². The summed E-state index contributed by atoms with van der Waals surface area (Å²) in [6.07, 6.45) is 0.774. The van der Waals surface area contributed by atoms with Crippen LogP contribution < -0.4 is 0 Å². The molecule has 0 aliphatic heterocycles. The first kappa shape index (κ1) is 14.2. The molecule has 3 aromatic carbocycles. The summed E-state index contributed by atoms with van der Waals surface area (Å²) in [5, 5.41) is 13.0. The van der Waals surface area contributed by atoms with Crippen molar-refractivity contribution in [2.75, 3.05) is 0 Å². The molecule has 0 saturated carbocycles. The molecule has 2 nitrogen and oxygen atoms in total. The van der Waals surface area contributed by atoms with Crippen LogP contribution in [-0.2, 0) is 6.42 Å². The zero-order valence-corrected chi connectivity index (χ0v) is 12.8. The lowest BCUT2D eigenvalue weighted by atomic mass is 9.77. The predicted octanol–water partition coefficient (Wildman–Crippen LogP) is 4.32. The maximum atomic E-state index is 12.8. The van der Waals surface area contributed by atoms with Crippen LogP contribution in [0, 0.1) is 5.92 Å². The van der Waals surface area contributed by atoms with E-state index in [1.54, 1.807) is 0 Å². The van der Waals surface area contributed by atoms with Gasteiger partial charge in [0.2, 0.25) is 0 Å². The number of aryl methyl sites for hydroxylation is 1. The first-order chi connectivity index (χ1) is 11.3. The van der Waals surface area contributed by atoms with E-state index in [0.29, 0.717) is 6.42 Å². The van der Waals surface area contributed by atoms with Crippen molar-refractivity contribution in [2.24, 2.45) is 5.92 Å². The van der Waals surface area contributed by atoms with Crippen LogP contribution in [0.4, 0.5) is 0 Å². The summed E-state index contributed by atoms with van der Waals surface area (Å²) in [6.45, 7) is 0. The van der Waals surface area contributed by atoms with Crippen molar-refractivity contribution in [3.63, 3.8) is 0 Å². The molecule has 1 N–H and O–H groups in total. The average Bonchev–Trinajstić information content (AvgIpc) is 2.61. The van der Waals surface area contributed by atoms with Crippen LogP contribution in [-0.4, -0.2) is 10.9 Å². The van der Waals surface area contributed by atoms with E-state index < -0.39 is 6.10 Å². The lowest BCUT2D eigenvalue weighted by Gasteiger charge is -2.28. The fourth-order valence-electron chi connectivity index (χ4n) is 3.65. The third kappa shape index (κ3) is 2.36. The molecule has 23 heavy (non-hydrogen) atoms. The zero-order valence-electron chi connectivity index (χ0n) is 12.8. The maximum Gasteiger partial charge on any atom is 0.169 e. The van der Waals surface area contributed by atoms with Crippen molar-refractivity contribution in [3.8, 4) is 0 Å². The molecule has 114 valence electrons. The molecule has 0 heterocycles. The standard InChI is InChI=1S/C21H18O2/c22-20-17-10-4-2-7-15(17)12-13-19(20)21(23)18-11-5-8-14-6-1-3-9-16(14)18/h1-11,19,21,23H,12-13H2/t19?,21-/m0/s1. The van der Waals surface area contributed by atoms with Crippen molar-refractivity contribution >= 4 is 16.6 Å². The number of Topliss-reactive ketones (excluding diaryl/α,β-unsaturated/α-hetero) is 1. The number of ketones is 1. The number of fused-ring (bicyclic) bond motifs is 2. The highest BCUT2D eigenvalue weighted by Gasteiger charge is 2.33. The maximum absolute atomic E-state index is 12.8. The highest BCUT2D eigenvalue weighted by atomic mass is 16.3. The molecule has 0 bridgehead atoms. The minimum absolute atomic E-state index is 0.0623. The highest BCUT2D eigenvalue weighted by molar-refractivity contribution is 6.01. The van der Waals surface area contributed by atoms with E-state index in [4.69, 9.17) is 0 Å². The van der Waals surface area contributed by atoms with E-state index in [9.17, 15) is 9.90 Å². The van der Waals surface area contributed by atoms with Gasteiger partial charge in [-0.15, -0.1) is 0 Å². The SMILES string of the molecule is O=C1c2ccccc2CCC1[C@@H](O)c1cccc2ccccc12. The molecule has 1 aliphatic carbocycles. The molecule has 0 spiro atoms. The zero-order chi connectivity index (χ0) is 15.8. The number of hydrogen-bond donors (Lipinski definition) is 1. The smallest absolute Gasteiger partial charge is 0.169 e. The normalized spacial score (nSPS) is 18.7. The van der Waals surface area contributed by atoms with Crippen molar-refractivity contribution in [3.05, 3.63) is 83.4 Å². The fraction of sp³-hybridized carbons (Fsp3) is 0.190. The molecule has 0 fully saturated rings. The molecule has 0 aromatic heterocycles. The van der Waals surface area contributed by atoms with Gasteiger partial charge < -0.3 is 5.11 Å². The van der Waals surface area contributed by atoms with E-state index in [1.165, 1.54) is 0 Å². The van der Waals surface area contributed by atoms with Gasteiger partial charge in [-0.25, -0.2) is 0 Å². The van der Waals surface area contributed by atoms with Gasteiger partial charge in [-0.2, -0.15) is 0 Å². The molecule has 3 aromatic rings. The number of rotatable bonds is 2. The van der Waals surface area contributed by atoms with E-state index in [0.717, 1.165) is 33.9 Å². The Hall–Kier alpha value is -2.45. The first-order valence-electron chi connectivity index (χ1n) is 8.03. The van der Waals surface area contributed by atoms with E-state index in [-0.39, 0.29) is 11.7 Å². The third-order valence-electron chi connectivity index (χ3n) is 4.87.